The number of aliphatic carboxylic acids is 1. The van der Waals surface area contributed by atoms with Gasteiger partial charge in [-0.15, -0.1) is 0 Å². The van der Waals surface area contributed by atoms with Gasteiger partial charge in [0, 0.05) is 19.5 Å². The fourth-order valence-corrected chi connectivity index (χ4v) is 2.79. The van der Waals surface area contributed by atoms with Crippen LogP contribution in [0.3, 0.4) is 0 Å². The number of hydrogen-bond acceptors (Lipinski definition) is 2. The number of carbonyl (C=O) groups excluding carboxylic acids is 1. The molecule has 0 spiro atoms. The second-order valence-corrected chi connectivity index (χ2v) is 5.89. The molecule has 1 atom stereocenters. The summed E-state index contributed by atoms with van der Waals surface area (Å²) in [7, 11) is 0. The lowest BCUT2D eigenvalue weighted by atomic mass is 9.79. The fourth-order valence-electron chi connectivity index (χ4n) is 2.79. The van der Waals surface area contributed by atoms with E-state index in [4.69, 9.17) is 0 Å². The zero-order valence-electron chi connectivity index (χ0n) is 12.4. The molecule has 1 rings (SSSR count). The molecule has 0 aliphatic carbocycles. The summed E-state index contributed by atoms with van der Waals surface area (Å²) in [6, 6.07) is 0. The topological polar surface area (TPSA) is 57.6 Å². The summed E-state index contributed by atoms with van der Waals surface area (Å²) in [6.07, 6.45) is 4.39. The molecule has 0 radical (unpaired) electrons. The molecular formula is C15H27NO3. The first-order chi connectivity index (χ1) is 8.95. The number of carboxylic acids is 1. The lowest BCUT2D eigenvalue weighted by Gasteiger charge is -2.29. The highest BCUT2D eigenvalue weighted by atomic mass is 16.4. The van der Waals surface area contributed by atoms with E-state index in [0.29, 0.717) is 18.8 Å². The van der Waals surface area contributed by atoms with Crippen molar-refractivity contribution >= 4 is 11.9 Å². The molecule has 110 valence electrons. The second kappa shape index (κ2) is 6.92. The van der Waals surface area contributed by atoms with Gasteiger partial charge in [-0.05, 0) is 38.0 Å². The van der Waals surface area contributed by atoms with Gasteiger partial charge in [-0.1, -0.05) is 20.8 Å². The van der Waals surface area contributed by atoms with Crippen LogP contribution < -0.4 is 0 Å². The molecule has 1 fully saturated rings. The number of hydrogen-bond donors (Lipinski definition) is 1. The van der Waals surface area contributed by atoms with Crippen LogP contribution in [0.2, 0.25) is 0 Å². The van der Waals surface area contributed by atoms with E-state index in [-0.39, 0.29) is 12.3 Å². The summed E-state index contributed by atoms with van der Waals surface area (Å²) < 4.78 is 0. The summed E-state index contributed by atoms with van der Waals surface area (Å²) in [5.74, 6) is -0.159. The van der Waals surface area contributed by atoms with E-state index in [2.05, 4.69) is 6.92 Å². The van der Waals surface area contributed by atoms with Crippen LogP contribution in [0.25, 0.3) is 0 Å². The summed E-state index contributed by atoms with van der Waals surface area (Å²) in [4.78, 5) is 25.7. The van der Waals surface area contributed by atoms with Crippen molar-refractivity contribution in [3.8, 4) is 0 Å². The smallest absolute Gasteiger partial charge is 0.310 e. The Hall–Kier alpha value is -1.06. The van der Waals surface area contributed by atoms with Gasteiger partial charge in [0.1, 0.15) is 0 Å². The third-order valence-corrected chi connectivity index (χ3v) is 4.67. The van der Waals surface area contributed by atoms with Crippen molar-refractivity contribution in [2.45, 2.75) is 59.3 Å². The molecule has 1 amide bonds. The SMILES string of the molecule is CCC(CC)(CC(=O)N1CCCC(C)CC1)C(=O)O. The maximum Gasteiger partial charge on any atom is 0.310 e. The van der Waals surface area contributed by atoms with Crippen LogP contribution in [0.4, 0.5) is 0 Å². The van der Waals surface area contributed by atoms with Gasteiger partial charge < -0.3 is 10.0 Å². The molecule has 1 heterocycles. The molecule has 1 saturated heterocycles. The number of rotatable bonds is 5. The zero-order valence-corrected chi connectivity index (χ0v) is 12.4. The second-order valence-electron chi connectivity index (χ2n) is 5.89. The average Bonchev–Trinajstić information content (AvgIpc) is 2.60. The maximum atomic E-state index is 12.4. The van der Waals surface area contributed by atoms with Crippen LogP contribution in [0.1, 0.15) is 59.3 Å². The predicted octanol–water partition coefficient (Wildman–Crippen LogP) is 2.92. The molecule has 4 heteroatoms. The van der Waals surface area contributed by atoms with Crippen LogP contribution in [0, 0.1) is 11.3 Å². The first-order valence-corrected chi connectivity index (χ1v) is 7.46. The number of nitrogens with zero attached hydrogens (tertiary/aromatic N) is 1. The van der Waals surface area contributed by atoms with Gasteiger partial charge in [0.2, 0.25) is 5.91 Å². The van der Waals surface area contributed by atoms with Crippen molar-refractivity contribution in [3.05, 3.63) is 0 Å². The van der Waals surface area contributed by atoms with E-state index in [0.717, 1.165) is 32.4 Å². The number of likely N-dealkylation sites (tertiary alicyclic amines) is 1. The lowest BCUT2D eigenvalue weighted by molar-refractivity contribution is -0.154. The quantitative estimate of drug-likeness (QED) is 0.835. The van der Waals surface area contributed by atoms with Gasteiger partial charge in [0.15, 0.2) is 0 Å². The molecule has 0 bridgehead atoms. The first kappa shape index (κ1) is 16.0. The highest BCUT2D eigenvalue weighted by Crippen LogP contribution is 2.32. The van der Waals surface area contributed by atoms with Crippen LogP contribution in [-0.2, 0) is 9.59 Å². The van der Waals surface area contributed by atoms with E-state index in [9.17, 15) is 14.7 Å². The Morgan fingerprint density at radius 3 is 2.37 bits per heavy atom. The minimum absolute atomic E-state index is 0.0141. The summed E-state index contributed by atoms with van der Waals surface area (Å²) in [5, 5.41) is 9.40. The minimum atomic E-state index is -0.880. The van der Waals surface area contributed by atoms with E-state index in [1.807, 2.05) is 18.7 Å². The average molecular weight is 269 g/mol. The lowest BCUT2D eigenvalue weighted by Crippen LogP contribution is -2.39. The molecule has 0 aromatic carbocycles. The molecule has 1 aliphatic heterocycles. The van der Waals surface area contributed by atoms with Crippen molar-refractivity contribution in [2.75, 3.05) is 13.1 Å². The Morgan fingerprint density at radius 1 is 1.21 bits per heavy atom. The molecule has 4 nitrogen and oxygen atoms in total. The van der Waals surface area contributed by atoms with Crippen molar-refractivity contribution in [1.29, 1.82) is 0 Å². The summed E-state index contributed by atoms with van der Waals surface area (Å²) in [6.45, 7) is 7.49. The number of carboxylic acid groups (broad SMARTS) is 1. The van der Waals surface area contributed by atoms with Crippen molar-refractivity contribution in [3.63, 3.8) is 0 Å². The molecular weight excluding hydrogens is 242 g/mol. The highest BCUT2D eigenvalue weighted by molar-refractivity contribution is 5.85. The Bertz CT molecular complexity index is 323. The van der Waals surface area contributed by atoms with Gasteiger partial charge in [-0.25, -0.2) is 0 Å². The van der Waals surface area contributed by atoms with Crippen molar-refractivity contribution in [1.82, 2.24) is 4.90 Å². The number of carbonyl (C=O) groups is 2. The van der Waals surface area contributed by atoms with Gasteiger partial charge in [0.05, 0.1) is 5.41 Å². The third-order valence-electron chi connectivity index (χ3n) is 4.67. The fraction of sp³-hybridized carbons (Fsp3) is 0.867. The molecule has 1 aliphatic rings. The van der Waals surface area contributed by atoms with Crippen LogP contribution in [0.5, 0.6) is 0 Å². The van der Waals surface area contributed by atoms with E-state index in [1.54, 1.807) is 0 Å². The van der Waals surface area contributed by atoms with Gasteiger partial charge in [-0.2, -0.15) is 0 Å². The normalized spacial score (nSPS) is 21.0. The van der Waals surface area contributed by atoms with E-state index in [1.165, 1.54) is 0 Å². The Balaban J connectivity index is 2.69. The highest BCUT2D eigenvalue weighted by Gasteiger charge is 2.38. The zero-order chi connectivity index (χ0) is 14.5. The number of amides is 1. The summed E-state index contributed by atoms with van der Waals surface area (Å²) >= 11 is 0. The van der Waals surface area contributed by atoms with Crippen molar-refractivity contribution < 1.29 is 14.7 Å². The molecule has 1 unspecified atom stereocenters. The standard InChI is InChI=1S/C15H27NO3/c1-4-15(5-2,14(18)19)11-13(17)16-9-6-7-12(3)8-10-16/h12H,4-11H2,1-3H3,(H,18,19). The third kappa shape index (κ3) is 3.95. The monoisotopic (exact) mass is 269 g/mol. The Labute approximate surface area is 116 Å². The van der Waals surface area contributed by atoms with Gasteiger partial charge in [0.25, 0.3) is 0 Å². The molecule has 0 aromatic rings. The minimum Gasteiger partial charge on any atom is -0.481 e. The summed E-state index contributed by atoms with van der Waals surface area (Å²) in [5.41, 5.74) is -0.880. The molecule has 0 aromatic heterocycles. The van der Waals surface area contributed by atoms with Crippen LogP contribution in [-0.4, -0.2) is 35.0 Å². The van der Waals surface area contributed by atoms with Crippen molar-refractivity contribution in [2.24, 2.45) is 11.3 Å². The Morgan fingerprint density at radius 2 is 1.84 bits per heavy atom. The van der Waals surface area contributed by atoms with E-state index >= 15 is 0 Å². The maximum absolute atomic E-state index is 12.4. The van der Waals surface area contributed by atoms with Crippen LogP contribution >= 0.6 is 0 Å². The molecule has 19 heavy (non-hydrogen) atoms. The van der Waals surface area contributed by atoms with E-state index < -0.39 is 11.4 Å². The van der Waals surface area contributed by atoms with Gasteiger partial charge >= 0.3 is 5.97 Å². The molecule has 1 N–H and O–H groups in total. The Kier molecular flexibility index (Phi) is 5.83. The van der Waals surface area contributed by atoms with Gasteiger partial charge in [-0.3, -0.25) is 9.59 Å². The van der Waals surface area contributed by atoms with Crippen LogP contribution in [0.15, 0.2) is 0 Å². The predicted molar refractivity (Wildman–Crippen MR) is 74.9 cm³/mol. The molecule has 0 saturated carbocycles. The first-order valence-electron chi connectivity index (χ1n) is 7.46. The largest absolute Gasteiger partial charge is 0.481 e.